The second kappa shape index (κ2) is 4.82. The summed E-state index contributed by atoms with van der Waals surface area (Å²) < 4.78 is 0. The summed E-state index contributed by atoms with van der Waals surface area (Å²) in [6, 6.07) is 6.84. The van der Waals surface area contributed by atoms with Gasteiger partial charge in [-0.1, -0.05) is 23.7 Å². The number of benzene rings is 1. The molecule has 2 atom stereocenters. The van der Waals surface area contributed by atoms with Crippen molar-refractivity contribution in [1.29, 1.82) is 0 Å². The Morgan fingerprint density at radius 2 is 2.19 bits per heavy atom. The number of halogens is 1. The number of amides is 2. The molecule has 1 fully saturated rings. The van der Waals surface area contributed by atoms with Crippen LogP contribution in [0.2, 0.25) is 5.02 Å². The average Bonchev–Trinajstić information content (AvgIpc) is 2.91. The normalized spacial score (nSPS) is 27.4. The molecule has 0 radical (unpaired) electrons. The van der Waals surface area contributed by atoms with Crippen molar-refractivity contribution in [1.82, 2.24) is 10.4 Å². The maximum atomic E-state index is 12.3. The summed E-state index contributed by atoms with van der Waals surface area (Å²) in [5.74, 6) is -1.29. The first kappa shape index (κ1) is 14.0. The van der Waals surface area contributed by atoms with Crippen LogP contribution >= 0.6 is 11.6 Å². The third-order valence-electron chi connectivity index (χ3n) is 3.68. The van der Waals surface area contributed by atoms with Crippen LogP contribution in [0.4, 0.5) is 0 Å². The molecule has 3 rings (SSSR count). The maximum absolute atomic E-state index is 12.3. The van der Waals surface area contributed by atoms with Gasteiger partial charge >= 0.3 is 0 Å². The molecule has 0 bridgehead atoms. The van der Waals surface area contributed by atoms with Crippen LogP contribution in [0.1, 0.15) is 12.5 Å². The highest BCUT2D eigenvalue weighted by Gasteiger charge is 2.53. The van der Waals surface area contributed by atoms with Gasteiger partial charge in [-0.25, -0.2) is 0 Å². The van der Waals surface area contributed by atoms with Crippen LogP contribution in [-0.2, 0) is 16.0 Å². The summed E-state index contributed by atoms with van der Waals surface area (Å²) in [5, 5.41) is 11.6. The highest BCUT2D eigenvalue weighted by molar-refractivity contribution is 6.30. The number of aliphatic imine (C=N–C) groups is 1. The van der Waals surface area contributed by atoms with Gasteiger partial charge in [0.25, 0.3) is 11.8 Å². The van der Waals surface area contributed by atoms with E-state index in [4.69, 9.17) is 11.6 Å². The maximum Gasteiger partial charge on any atom is 0.261 e. The molecule has 2 amide bonds. The minimum Gasteiger partial charge on any atom is -0.387 e. The number of hydrazine groups is 1. The summed E-state index contributed by atoms with van der Waals surface area (Å²) in [4.78, 5) is 28.6. The van der Waals surface area contributed by atoms with Gasteiger partial charge in [-0.15, -0.1) is 0 Å². The van der Waals surface area contributed by atoms with Gasteiger partial charge in [0.05, 0.1) is 13.0 Å². The Labute approximate surface area is 126 Å². The van der Waals surface area contributed by atoms with E-state index >= 15 is 0 Å². The van der Waals surface area contributed by atoms with Gasteiger partial charge in [-0.05, 0) is 24.6 Å². The third kappa shape index (κ3) is 2.41. The number of aliphatic hydroxyl groups is 1. The number of nitrogens with one attached hydrogen (secondary N) is 1. The second-order valence-electron chi connectivity index (χ2n) is 5.47. The van der Waals surface area contributed by atoms with Crippen LogP contribution < -0.4 is 5.43 Å². The molecule has 2 unspecified atom stereocenters. The Morgan fingerprint density at radius 3 is 2.81 bits per heavy atom. The van der Waals surface area contributed by atoms with Crippen LogP contribution in [0.25, 0.3) is 0 Å². The molecule has 2 aliphatic heterocycles. The Morgan fingerprint density at radius 1 is 1.52 bits per heavy atom. The highest BCUT2D eigenvalue weighted by Crippen LogP contribution is 2.30. The molecule has 0 aliphatic carbocycles. The molecular weight excluding hydrogens is 294 g/mol. The van der Waals surface area contributed by atoms with E-state index in [9.17, 15) is 14.7 Å². The summed E-state index contributed by atoms with van der Waals surface area (Å²) in [7, 11) is 0. The molecule has 6 nitrogen and oxygen atoms in total. The van der Waals surface area contributed by atoms with E-state index in [0.717, 1.165) is 10.6 Å². The lowest BCUT2D eigenvalue weighted by atomic mass is 9.91. The number of carbonyl (C=O) groups is 2. The van der Waals surface area contributed by atoms with E-state index in [-0.39, 0.29) is 13.0 Å². The van der Waals surface area contributed by atoms with E-state index < -0.39 is 23.3 Å². The highest BCUT2D eigenvalue weighted by atomic mass is 35.5. The van der Waals surface area contributed by atoms with Crippen molar-refractivity contribution in [2.75, 3.05) is 6.54 Å². The molecule has 110 valence electrons. The first-order valence-electron chi connectivity index (χ1n) is 6.53. The number of nitrogens with zero attached hydrogens (tertiary/aromatic N) is 2. The fraction of sp³-hybridized carbons (Fsp3) is 0.357. The van der Waals surface area contributed by atoms with Crippen molar-refractivity contribution in [3.63, 3.8) is 0 Å². The topological polar surface area (TPSA) is 82.0 Å². The number of carbonyl (C=O) groups excluding carboxylic acids is 2. The van der Waals surface area contributed by atoms with Crippen molar-refractivity contribution in [2.24, 2.45) is 10.9 Å². The summed E-state index contributed by atoms with van der Waals surface area (Å²) >= 11 is 5.79. The molecule has 1 aromatic carbocycles. The minimum atomic E-state index is -1.24. The lowest BCUT2D eigenvalue weighted by Gasteiger charge is -2.21. The molecule has 0 saturated carbocycles. The van der Waals surface area contributed by atoms with Gasteiger partial charge in [0.2, 0.25) is 0 Å². The zero-order valence-corrected chi connectivity index (χ0v) is 12.1. The SMILES string of the molecule is CC1(O)CN=C2NN(C(=O)Cc3ccc(Cl)cc3)C(=O)C21. The Bertz CT molecular complexity index is 639. The van der Waals surface area contributed by atoms with E-state index in [0.29, 0.717) is 10.9 Å². The lowest BCUT2D eigenvalue weighted by molar-refractivity contribution is -0.148. The van der Waals surface area contributed by atoms with Gasteiger partial charge in [0.1, 0.15) is 17.4 Å². The van der Waals surface area contributed by atoms with E-state index in [1.54, 1.807) is 31.2 Å². The monoisotopic (exact) mass is 307 g/mol. The fourth-order valence-corrected chi connectivity index (χ4v) is 2.67. The molecule has 1 aromatic rings. The van der Waals surface area contributed by atoms with Gasteiger partial charge in [0.15, 0.2) is 0 Å². The van der Waals surface area contributed by atoms with Crippen LogP contribution in [0.5, 0.6) is 0 Å². The smallest absolute Gasteiger partial charge is 0.261 e. The largest absolute Gasteiger partial charge is 0.387 e. The van der Waals surface area contributed by atoms with Gasteiger partial charge < -0.3 is 5.11 Å². The van der Waals surface area contributed by atoms with E-state index in [1.807, 2.05) is 0 Å². The number of imide groups is 1. The van der Waals surface area contributed by atoms with Crippen molar-refractivity contribution < 1.29 is 14.7 Å². The van der Waals surface area contributed by atoms with Gasteiger partial charge in [0, 0.05) is 5.02 Å². The standard InChI is InChI=1S/C14H14ClN3O3/c1-14(21)7-16-12-11(14)13(20)18(17-12)10(19)6-8-2-4-9(15)5-3-8/h2-5,11,21H,6-7H2,1H3,(H,16,17). The molecule has 2 N–H and O–H groups in total. The van der Waals surface area contributed by atoms with Crippen LogP contribution in [0.3, 0.4) is 0 Å². The number of fused-ring (bicyclic) bond motifs is 1. The quantitative estimate of drug-likeness (QED) is 0.835. The second-order valence-corrected chi connectivity index (χ2v) is 5.91. The van der Waals surface area contributed by atoms with Crippen molar-refractivity contribution >= 4 is 29.3 Å². The van der Waals surface area contributed by atoms with Gasteiger partial charge in [-0.3, -0.25) is 20.0 Å². The minimum absolute atomic E-state index is 0.0675. The predicted octanol–water partition coefficient (Wildman–Crippen LogP) is 0.535. The summed E-state index contributed by atoms with van der Waals surface area (Å²) in [6.07, 6.45) is 0.0675. The molecule has 2 heterocycles. The molecule has 7 heteroatoms. The van der Waals surface area contributed by atoms with Crippen molar-refractivity contribution in [3.8, 4) is 0 Å². The number of rotatable bonds is 2. The van der Waals surface area contributed by atoms with Crippen molar-refractivity contribution in [3.05, 3.63) is 34.9 Å². The zero-order chi connectivity index (χ0) is 15.2. The van der Waals surface area contributed by atoms with E-state index in [1.165, 1.54) is 0 Å². The zero-order valence-electron chi connectivity index (χ0n) is 11.3. The number of hydrogen-bond acceptors (Lipinski definition) is 5. The number of hydrogen-bond donors (Lipinski definition) is 2. The van der Waals surface area contributed by atoms with E-state index in [2.05, 4.69) is 10.4 Å². The van der Waals surface area contributed by atoms with Crippen LogP contribution in [-0.4, -0.2) is 39.9 Å². The Balaban J connectivity index is 1.75. The Hall–Kier alpha value is -1.92. The van der Waals surface area contributed by atoms with Gasteiger partial charge in [-0.2, -0.15) is 5.01 Å². The summed E-state index contributed by atoms with van der Waals surface area (Å²) in [5.41, 5.74) is 2.20. The molecular formula is C14H14ClN3O3. The molecule has 0 spiro atoms. The molecule has 1 saturated heterocycles. The first-order valence-corrected chi connectivity index (χ1v) is 6.91. The first-order chi connectivity index (χ1) is 9.88. The van der Waals surface area contributed by atoms with Crippen molar-refractivity contribution in [2.45, 2.75) is 18.9 Å². The molecule has 0 aromatic heterocycles. The number of amidine groups is 1. The average molecular weight is 308 g/mol. The molecule has 21 heavy (non-hydrogen) atoms. The van der Waals surface area contributed by atoms with Crippen LogP contribution in [0.15, 0.2) is 29.3 Å². The Kier molecular flexibility index (Phi) is 3.22. The lowest BCUT2D eigenvalue weighted by Crippen LogP contribution is -2.45. The fourth-order valence-electron chi connectivity index (χ4n) is 2.55. The predicted molar refractivity (Wildman–Crippen MR) is 76.6 cm³/mol. The van der Waals surface area contributed by atoms with Crippen LogP contribution in [0, 0.1) is 5.92 Å². The third-order valence-corrected chi connectivity index (χ3v) is 3.93. The summed E-state index contributed by atoms with van der Waals surface area (Å²) in [6.45, 7) is 1.70. The molecule has 2 aliphatic rings.